The standard InChI is InChI=1S/C10H20N2O2/c1-2-3-10(13)12-14-9-6-4-8(11)5-7-9/h8-9H,2-7,11H2,1H3,(H,12,13). The first kappa shape index (κ1) is 11.5. The van der Waals surface area contributed by atoms with Gasteiger partial charge in [0, 0.05) is 12.5 Å². The number of amides is 1. The lowest BCUT2D eigenvalue weighted by atomic mass is 9.94. The molecule has 0 unspecified atom stereocenters. The minimum Gasteiger partial charge on any atom is -0.328 e. The summed E-state index contributed by atoms with van der Waals surface area (Å²) >= 11 is 0. The van der Waals surface area contributed by atoms with Crippen LogP contribution in [0.5, 0.6) is 0 Å². The molecule has 1 aliphatic rings. The molecule has 82 valence electrons. The largest absolute Gasteiger partial charge is 0.328 e. The highest BCUT2D eigenvalue weighted by Crippen LogP contribution is 2.18. The number of nitrogens with two attached hydrogens (primary N) is 1. The van der Waals surface area contributed by atoms with E-state index in [1.807, 2.05) is 6.92 Å². The zero-order valence-electron chi connectivity index (χ0n) is 8.79. The van der Waals surface area contributed by atoms with Crippen molar-refractivity contribution in [3.63, 3.8) is 0 Å². The average Bonchev–Trinajstić information content (AvgIpc) is 2.17. The molecule has 0 atom stereocenters. The van der Waals surface area contributed by atoms with Crippen LogP contribution in [0.2, 0.25) is 0 Å². The molecule has 0 radical (unpaired) electrons. The molecule has 3 N–H and O–H groups in total. The second kappa shape index (κ2) is 5.98. The first-order valence-corrected chi connectivity index (χ1v) is 5.42. The van der Waals surface area contributed by atoms with Crippen molar-refractivity contribution < 1.29 is 9.63 Å². The zero-order chi connectivity index (χ0) is 10.4. The maximum absolute atomic E-state index is 11.1. The second-order valence-corrected chi connectivity index (χ2v) is 3.93. The van der Waals surface area contributed by atoms with Gasteiger partial charge in [0.05, 0.1) is 6.10 Å². The Balaban J connectivity index is 2.09. The van der Waals surface area contributed by atoms with Gasteiger partial charge >= 0.3 is 0 Å². The molecule has 0 bridgehead atoms. The Labute approximate surface area is 85.1 Å². The lowest BCUT2D eigenvalue weighted by molar-refractivity contribution is -0.140. The zero-order valence-corrected chi connectivity index (χ0v) is 8.79. The molecule has 0 saturated heterocycles. The first-order chi connectivity index (χ1) is 6.72. The highest BCUT2D eigenvalue weighted by Gasteiger charge is 2.19. The van der Waals surface area contributed by atoms with Gasteiger partial charge in [-0.05, 0) is 32.1 Å². The molecule has 4 heteroatoms. The van der Waals surface area contributed by atoms with Gasteiger partial charge in [0.1, 0.15) is 0 Å². The monoisotopic (exact) mass is 200 g/mol. The summed E-state index contributed by atoms with van der Waals surface area (Å²) in [5.41, 5.74) is 8.25. The summed E-state index contributed by atoms with van der Waals surface area (Å²) in [6, 6.07) is 0.321. The molecule has 1 aliphatic carbocycles. The maximum Gasteiger partial charge on any atom is 0.243 e. The number of carbonyl (C=O) groups is 1. The van der Waals surface area contributed by atoms with Crippen LogP contribution in [0.4, 0.5) is 0 Å². The SMILES string of the molecule is CCCC(=O)NOC1CCC(N)CC1. The van der Waals surface area contributed by atoms with Crippen LogP contribution in [0, 0.1) is 0 Å². The smallest absolute Gasteiger partial charge is 0.243 e. The van der Waals surface area contributed by atoms with Crippen LogP contribution < -0.4 is 11.2 Å². The van der Waals surface area contributed by atoms with E-state index in [1.54, 1.807) is 0 Å². The molecule has 1 fully saturated rings. The number of nitrogens with one attached hydrogen (secondary N) is 1. The molecular weight excluding hydrogens is 180 g/mol. The summed E-state index contributed by atoms with van der Waals surface area (Å²) in [5.74, 6) is -0.0256. The van der Waals surface area contributed by atoms with Crippen molar-refractivity contribution in [2.75, 3.05) is 0 Å². The normalized spacial score (nSPS) is 27.3. The minimum atomic E-state index is -0.0256. The number of hydroxylamine groups is 1. The van der Waals surface area contributed by atoms with Crippen molar-refractivity contribution in [2.24, 2.45) is 5.73 Å². The van der Waals surface area contributed by atoms with E-state index in [-0.39, 0.29) is 12.0 Å². The van der Waals surface area contributed by atoms with Gasteiger partial charge in [-0.25, -0.2) is 5.48 Å². The highest BCUT2D eigenvalue weighted by molar-refractivity contribution is 5.74. The molecule has 0 spiro atoms. The van der Waals surface area contributed by atoms with Gasteiger partial charge < -0.3 is 5.73 Å². The fraction of sp³-hybridized carbons (Fsp3) is 0.900. The van der Waals surface area contributed by atoms with Crippen LogP contribution >= 0.6 is 0 Å². The lowest BCUT2D eigenvalue weighted by Crippen LogP contribution is -2.35. The summed E-state index contributed by atoms with van der Waals surface area (Å²) in [7, 11) is 0. The molecule has 1 rings (SSSR count). The molecule has 1 saturated carbocycles. The third-order valence-corrected chi connectivity index (χ3v) is 2.54. The molecule has 0 aromatic heterocycles. The van der Waals surface area contributed by atoms with Crippen LogP contribution in [0.3, 0.4) is 0 Å². The number of rotatable bonds is 4. The Kier molecular flexibility index (Phi) is 4.90. The van der Waals surface area contributed by atoms with Crippen LogP contribution in [0.25, 0.3) is 0 Å². The van der Waals surface area contributed by atoms with Crippen LogP contribution in [-0.4, -0.2) is 18.1 Å². The molecule has 0 aliphatic heterocycles. The Morgan fingerprint density at radius 1 is 1.43 bits per heavy atom. The van der Waals surface area contributed by atoms with E-state index >= 15 is 0 Å². The van der Waals surface area contributed by atoms with Gasteiger partial charge in [-0.1, -0.05) is 6.92 Å². The van der Waals surface area contributed by atoms with Crippen LogP contribution in [-0.2, 0) is 9.63 Å². The molecule has 4 nitrogen and oxygen atoms in total. The van der Waals surface area contributed by atoms with Crippen molar-refractivity contribution in [3.8, 4) is 0 Å². The predicted molar refractivity (Wildman–Crippen MR) is 54.4 cm³/mol. The van der Waals surface area contributed by atoms with Crippen molar-refractivity contribution in [1.29, 1.82) is 0 Å². The fourth-order valence-electron chi connectivity index (χ4n) is 1.63. The summed E-state index contributed by atoms with van der Waals surface area (Å²) in [6.45, 7) is 1.97. The maximum atomic E-state index is 11.1. The summed E-state index contributed by atoms with van der Waals surface area (Å²) in [6.07, 6.45) is 5.44. The van der Waals surface area contributed by atoms with Crippen LogP contribution in [0.15, 0.2) is 0 Å². The van der Waals surface area contributed by atoms with Crippen molar-refractivity contribution in [1.82, 2.24) is 5.48 Å². The van der Waals surface area contributed by atoms with Gasteiger partial charge in [0.2, 0.25) is 5.91 Å². The first-order valence-electron chi connectivity index (χ1n) is 5.42. The quantitative estimate of drug-likeness (QED) is 0.668. The summed E-state index contributed by atoms with van der Waals surface area (Å²) in [5, 5.41) is 0. The van der Waals surface area contributed by atoms with Crippen molar-refractivity contribution in [2.45, 2.75) is 57.6 Å². The lowest BCUT2D eigenvalue weighted by Gasteiger charge is -2.25. The van der Waals surface area contributed by atoms with Gasteiger partial charge in [-0.15, -0.1) is 0 Å². The second-order valence-electron chi connectivity index (χ2n) is 3.93. The molecule has 14 heavy (non-hydrogen) atoms. The molecule has 0 heterocycles. The van der Waals surface area contributed by atoms with Gasteiger partial charge in [-0.3, -0.25) is 9.63 Å². The van der Waals surface area contributed by atoms with E-state index in [0.717, 1.165) is 32.1 Å². The van der Waals surface area contributed by atoms with E-state index in [1.165, 1.54) is 0 Å². The van der Waals surface area contributed by atoms with Crippen molar-refractivity contribution >= 4 is 5.91 Å². The van der Waals surface area contributed by atoms with Gasteiger partial charge in [0.25, 0.3) is 0 Å². The third-order valence-electron chi connectivity index (χ3n) is 2.54. The minimum absolute atomic E-state index is 0.0256. The van der Waals surface area contributed by atoms with E-state index in [4.69, 9.17) is 10.6 Å². The molecule has 1 amide bonds. The van der Waals surface area contributed by atoms with E-state index in [0.29, 0.717) is 12.5 Å². The Morgan fingerprint density at radius 2 is 2.07 bits per heavy atom. The van der Waals surface area contributed by atoms with Crippen LogP contribution in [0.1, 0.15) is 45.4 Å². The van der Waals surface area contributed by atoms with Gasteiger partial charge in [-0.2, -0.15) is 0 Å². The van der Waals surface area contributed by atoms with E-state index in [2.05, 4.69) is 5.48 Å². The Morgan fingerprint density at radius 3 is 2.64 bits per heavy atom. The summed E-state index contributed by atoms with van der Waals surface area (Å²) < 4.78 is 0. The number of hydrogen-bond acceptors (Lipinski definition) is 3. The highest BCUT2D eigenvalue weighted by atomic mass is 16.7. The topological polar surface area (TPSA) is 64.3 Å². The fourth-order valence-corrected chi connectivity index (χ4v) is 1.63. The summed E-state index contributed by atoms with van der Waals surface area (Å²) in [4.78, 5) is 16.4. The Hall–Kier alpha value is -0.610. The number of hydrogen-bond donors (Lipinski definition) is 2. The predicted octanol–water partition coefficient (Wildman–Crippen LogP) is 1.10. The molecule has 0 aromatic carbocycles. The van der Waals surface area contributed by atoms with Gasteiger partial charge in [0.15, 0.2) is 0 Å². The average molecular weight is 200 g/mol. The molecular formula is C10H20N2O2. The Bertz CT molecular complexity index is 177. The molecule has 0 aromatic rings. The van der Waals surface area contributed by atoms with E-state index < -0.39 is 0 Å². The van der Waals surface area contributed by atoms with E-state index in [9.17, 15) is 4.79 Å². The third kappa shape index (κ3) is 4.07. The van der Waals surface area contributed by atoms with Crippen molar-refractivity contribution in [3.05, 3.63) is 0 Å². The number of carbonyl (C=O) groups excluding carboxylic acids is 1.